The third-order valence-corrected chi connectivity index (χ3v) is 3.14. The number of rotatable bonds is 3. The van der Waals surface area contributed by atoms with Crippen molar-refractivity contribution >= 4 is 11.6 Å². The van der Waals surface area contributed by atoms with Crippen molar-refractivity contribution in [3.63, 3.8) is 0 Å². The molecule has 0 radical (unpaired) electrons. The summed E-state index contributed by atoms with van der Waals surface area (Å²) in [5.41, 5.74) is -0.0611. The molecule has 0 aliphatic heterocycles. The van der Waals surface area contributed by atoms with E-state index < -0.39 is 28.6 Å². The van der Waals surface area contributed by atoms with Crippen LogP contribution in [0.2, 0.25) is 0 Å². The molecule has 0 aliphatic rings. The first-order valence-corrected chi connectivity index (χ1v) is 5.95. The zero-order valence-corrected chi connectivity index (χ0v) is 10.4. The number of hydrogen-bond acceptors (Lipinski definition) is 0. The van der Waals surface area contributed by atoms with Crippen molar-refractivity contribution in [3.8, 4) is 0 Å². The molecule has 0 fully saturated rings. The maximum absolute atomic E-state index is 13.5. The average Bonchev–Trinajstić information content (AvgIpc) is 2.38. The molecule has 2 rings (SSSR count). The van der Waals surface area contributed by atoms with Gasteiger partial charge in [-0.25, -0.2) is 17.6 Å². The first-order chi connectivity index (χ1) is 9.00. The van der Waals surface area contributed by atoms with Crippen molar-refractivity contribution in [2.24, 2.45) is 0 Å². The van der Waals surface area contributed by atoms with Gasteiger partial charge in [-0.1, -0.05) is 24.3 Å². The third-order valence-electron chi connectivity index (χ3n) is 2.75. The van der Waals surface area contributed by atoms with E-state index in [-0.39, 0.29) is 17.5 Å². The molecule has 19 heavy (non-hydrogen) atoms. The Hall–Kier alpha value is -1.55. The molecule has 0 amide bonds. The van der Waals surface area contributed by atoms with Gasteiger partial charge < -0.3 is 0 Å². The van der Waals surface area contributed by atoms with E-state index in [1.54, 1.807) is 0 Å². The van der Waals surface area contributed by atoms with Gasteiger partial charge in [0.05, 0.1) is 5.38 Å². The van der Waals surface area contributed by atoms with Crippen LogP contribution < -0.4 is 0 Å². The lowest BCUT2D eigenvalue weighted by atomic mass is 10.0. The summed E-state index contributed by atoms with van der Waals surface area (Å²) in [6.07, 6.45) is -0.133. The third kappa shape index (κ3) is 2.89. The van der Waals surface area contributed by atoms with Gasteiger partial charge in [0.15, 0.2) is 23.3 Å². The van der Waals surface area contributed by atoms with Gasteiger partial charge in [-0.15, -0.1) is 11.6 Å². The quantitative estimate of drug-likeness (QED) is 0.564. The first kappa shape index (κ1) is 13.9. The predicted octanol–water partition coefficient (Wildman–Crippen LogP) is 4.77. The lowest BCUT2D eigenvalue weighted by Crippen LogP contribution is -2.03. The second kappa shape index (κ2) is 5.61. The standard InChI is InChI=1S/C14H9ClF4/c15-10(9-4-2-6-12(17)14(9)19)7-8-3-1-5-11(16)13(8)18/h1-6,10H,7H2. The highest BCUT2D eigenvalue weighted by Crippen LogP contribution is 2.29. The zero-order valence-electron chi connectivity index (χ0n) is 9.64. The minimum absolute atomic E-state index is 0.0173. The van der Waals surface area contributed by atoms with Crippen molar-refractivity contribution in [2.45, 2.75) is 11.8 Å². The molecule has 2 aromatic carbocycles. The maximum atomic E-state index is 13.5. The number of hydrogen-bond donors (Lipinski definition) is 0. The molecule has 100 valence electrons. The molecule has 0 bridgehead atoms. The topological polar surface area (TPSA) is 0 Å². The van der Waals surface area contributed by atoms with Crippen LogP contribution in [0.1, 0.15) is 16.5 Å². The Morgan fingerprint density at radius 1 is 0.842 bits per heavy atom. The Bertz CT molecular complexity index is 598. The second-order valence-corrected chi connectivity index (χ2v) is 4.55. The Kier molecular flexibility index (Phi) is 4.10. The zero-order chi connectivity index (χ0) is 14.0. The molecule has 0 aliphatic carbocycles. The summed E-state index contributed by atoms with van der Waals surface area (Å²) in [7, 11) is 0. The van der Waals surface area contributed by atoms with Crippen molar-refractivity contribution in [3.05, 3.63) is 70.8 Å². The van der Waals surface area contributed by atoms with Gasteiger partial charge >= 0.3 is 0 Å². The summed E-state index contributed by atoms with van der Waals surface area (Å²) >= 11 is 5.95. The van der Waals surface area contributed by atoms with Crippen LogP contribution in [0.5, 0.6) is 0 Å². The van der Waals surface area contributed by atoms with E-state index >= 15 is 0 Å². The van der Waals surface area contributed by atoms with E-state index in [1.807, 2.05) is 0 Å². The highest BCUT2D eigenvalue weighted by atomic mass is 35.5. The fraction of sp³-hybridized carbons (Fsp3) is 0.143. The Morgan fingerprint density at radius 3 is 2.11 bits per heavy atom. The summed E-state index contributed by atoms with van der Waals surface area (Å²) < 4.78 is 53.0. The summed E-state index contributed by atoms with van der Waals surface area (Å²) in [6, 6.07) is 7.25. The smallest absolute Gasteiger partial charge is 0.163 e. The van der Waals surface area contributed by atoms with Crippen molar-refractivity contribution in [1.82, 2.24) is 0 Å². The predicted molar refractivity (Wildman–Crippen MR) is 65.0 cm³/mol. The van der Waals surface area contributed by atoms with Crippen LogP contribution >= 0.6 is 11.6 Å². The molecule has 0 nitrogen and oxygen atoms in total. The van der Waals surface area contributed by atoms with Crippen LogP contribution in [0.3, 0.4) is 0 Å². The lowest BCUT2D eigenvalue weighted by molar-refractivity contribution is 0.489. The fourth-order valence-corrected chi connectivity index (χ4v) is 2.11. The molecule has 1 unspecified atom stereocenters. The minimum atomic E-state index is -1.07. The minimum Gasteiger partial charge on any atom is -0.204 e. The first-order valence-electron chi connectivity index (χ1n) is 5.51. The van der Waals surface area contributed by atoms with Crippen LogP contribution in [0.25, 0.3) is 0 Å². The monoisotopic (exact) mass is 288 g/mol. The summed E-state index contributed by atoms with van der Waals surface area (Å²) in [5, 5.41) is -0.980. The van der Waals surface area contributed by atoms with Gasteiger partial charge in [0, 0.05) is 5.56 Å². The van der Waals surface area contributed by atoms with Crippen molar-refractivity contribution < 1.29 is 17.6 Å². The molecule has 5 heteroatoms. The molecule has 0 aromatic heterocycles. The van der Waals surface area contributed by atoms with E-state index in [1.165, 1.54) is 24.3 Å². The van der Waals surface area contributed by atoms with Gasteiger partial charge in [-0.2, -0.15) is 0 Å². The molecule has 0 spiro atoms. The Labute approximate surface area is 112 Å². The van der Waals surface area contributed by atoms with E-state index in [0.29, 0.717) is 0 Å². The highest BCUT2D eigenvalue weighted by Gasteiger charge is 2.18. The van der Waals surface area contributed by atoms with Crippen molar-refractivity contribution in [1.29, 1.82) is 0 Å². The second-order valence-electron chi connectivity index (χ2n) is 4.03. The van der Waals surface area contributed by atoms with Gasteiger partial charge in [-0.05, 0) is 24.1 Å². The molecule has 1 atom stereocenters. The Morgan fingerprint density at radius 2 is 1.42 bits per heavy atom. The van der Waals surface area contributed by atoms with Gasteiger partial charge in [0.25, 0.3) is 0 Å². The summed E-state index contributed by atoms with van der Waals surface area (Å²) in [4.78, 5) is 0. The van der Waals surface area contributed by atoms with Gasteiger partial charge in [-0.3, -0.25) is 0 Å². The highest BCUT2D eigenvalue weighted by molar-refractivity contribution is 6.20. The van der Waals surface area contributed by atoms with E-state index in [2.05, 4.69) is 0 Å². The average molecular weight is 289 g/mol. The molecule has 0 saturated carbocycles. The molecule has 0 heterocycles. The SMILES string of the molecule is Fc1cccc(CC(Cl)c2cccc(F)c2F)c1F. The van der Waals surface area contributed by atoms with E-state index in [9.17, 15) is 17.6 Å². The lowest BCUT2D eigenvalue weighted by Gasteiger charge is -2.12. The number of alkyl halides is 1. The summed E-state index contributed by atoms with van der Waals surface area (Å²) in [5.74, 6) is -4.12. The number of benzene rings is 2. The number of halogens is 5. The van der Waals surface area contributed by atoms with Crippen LogP contribution in [-0.2, 0) is 6.42 Å². The van der Waals surface area contributed by atoms with Crippen LogP contribution in [0.15, 0.2) is 36.4 Å². The van der Waals surface area contributed by atoms with Gasteiger partial charge in [0.2, 0.25) is 0 Å². The van der Waals surface area contributed by atoms with Crippen LogP contribution in [0.4, 0.5) is 17.6 Å². The van der Waals surface area contributed by atoms with Gasteiger partial charge in [0.1, 0.15) is 0 Å². The maximum Gasteiger partial charge on any atom is 0.163 e. The summed E-state index contributed by atoms with van der Waals surface area (Å²) in [6.45, 7) is 0. The largest absolute Gasteiger partial charge is 0.204 e. The fourth-order valence-electron chi connectivity index (χ4n) is 1.77. The molecular weight excluding hydrogens is 280 g/mol. The van der Waals surface area contributed by atoms with E-state index in [0.717, 1.165) is 12.1 Å². The molecule has 0 saturated heterocycles. The van der Waals surface area contributed by atoms with Crippen LogP contribution in [-0.4, -0.2) is 0 Å². The normalized spacial score (nSPS) is 12.5. The van der Waals surface area contributed by atoms with E-state index in [4.69, 9.17) is 11.6 Å². The molecule has 2 aromatic rings. The molecular formula is C14H9ClF4. The molecule has 0 N–H and O–H groups in total. The Balaban J connectivity index is 2.28. The van der Waals surface area contributed by atoms with Crippen LogP contribution in [0, 0.1) is 23.3 Å². The van der Waals surface area contributed by atoms with Crippen molar-refractivity contribution in [2.75, 3.05) is 0 Å².